The van der Waals surface area contributed by atoms with Gasteiger partial charge in [0.05, 0.1) is 22.4 Å². The molecule has 0 spiro atoms. The third-order valence-electron chi connectivity index (χ3n) is 4.59. The second-order valence-corrected chi connectivity index (χ2v) is 10.2. The van der Waals surface area contributed by atoms with Crippen LogP contribution in [0.4, 0.5) is 0 Å². The highest BCUT2D eigenvalue weighted by Gasteiger charge is 2.27. The highest BCUT2D eigenvalue weighted by atomic mass is 32.2. The van der Waals surface area contributed by atoms with Gasteiger partial charge in [0, 0.05) is 17.4 Å². The number of aromatic nitrogens is 2. The lowest BCUT2D eigenvalue weighted by Crippen LogP contribution is -2.26. The Kier molecular flexibility index (Phi) is 14.7. The van der Waals surface area contributed by atoms with E-state index < -0.39 is 0 Å². The highest BCUT2D eigenvalue weighted by molar-refractivity contribution is 8.01. The van der Waals surface area contributed by atoms with Gasteiger partial charge in [-0.3, -0.25) is 0 Å². The number of ether oxygens (including phenoxy) is 1. The molecule has 0 aliphatic rings. The predicted molar refractivity (Wildman–Crippen MR) is 156 cm³/mol. The molecule has 0 fully saturated rings. The first-order chi connectivity index (χ1) is 16.2. The van der Waals surface area contributed by atoms with E-state index >= 15 is 0 Å². The maximum atomic E-state index is 5.55. The molecule has 3 nitrogen and oxygen atoms in total. The third kappa shape index (κ3) is 9.99. The Labute approximate surface area is 213 Å². The molecule has 34 heavy (non-hydrogen) atoms. The van der Waals surface area contributed by atoms with Crippen LogP contribution in [0.2, 0.25) is 0 Å². The lowest BCUT2D eigenvalue weighted by molar-refractivity contribution is 0.103. The standard InChI is InChI=1S/C24H28N2OS.3C2H6/c1-17-22(19-10-8-7-9-11-19)26-20-13-12-18(16-21(20)25-17)14-15-23(2,3)28-24(4,5)27-6;3*1-2/h7-16H,1-6H3;3*1-2H3/b15-14+;;;. The second kappa shape index (κ2) is 15.7. The van der Waals surface area contributed by atoms with Crippen molar-refractivity contribution in [3.05, 3.63) is 65.9 Å². The minimum absolute atomic E-state index is 0.0484. The van der Waals surface area contributed by atoms with Crippen LogP contribution in [0.25, 0.3) is 28.4 Å². The van der Waals surface area contributed by atoms with Crippen molar-refractivity contribution >= 4 is 28.9 Å². The van der Waals surface area contributed by atoms with Gasteiger partial charge in [-0.15, -0.1) is 11.8 Å². The fraction of sp³-hybridized carbons (Fsp3) is 0.467. The molecule has 0 bridgehead atoms. The largest absolute Gasteiger partial charge is 0.368 e. The number of aryl methyl sites for hydroxylation is 1. The summed E-state index contributed by atoms with van der Waals surface area (Å²) in [5, 5.41) is 0. The normalized spacial score (nSPS) is 11.1. The van der Waals surface area contributed by atoms with Crippen LogP contribution < -0.4 is 0 Å². The van der Waals surface area contributed by atoms with Crippen LogP contribution in [0.5, 0.6) is 0 Å². The Morgan fingerprint density at radius 3 is 1.94 bits per heavy atom. The molecule has 2 aromatic carbocycles. The molecule has 1 heterocycles. The Bertz CT molecular complexity index is 995. The summed E-state index contributed by atoms with van der Waals surface area (Å²) >= 11 is 1.79. The smallest absolute Gasteiger partial charge is 0.108 e. The Morgan fingerprint density at radius 1 is 0.794 bits per heavy atom. The van der Waals surface area contributed by atoms with E-state index in [1.54, 1.807) is 18.9 Å². The van der Waals surface area contributed by atoms with Crippen molar-refractivity contribution in [2.24, 2.45) is 0 Å². The van der Waals surface area contributed by atoms with Gasteiger partial charge in [0.2, 0.25) is 0 Å². The molecule has 0 aliphatic carbocycles. The summed E-state index contributed by atoms with van der Waals surface area (Å²) in [5.41, 5.74) is 5.93. The minimum Gasteiger partial charge on any atom is -0.368 e. The second-order valence-electron chi connectivity index (χ2n) is 7.91. The maximum absolute atomic E-state index is 5.55. The zero-order valence-corrected chi connectivity index (χ0v) is 24.3. The van der Waals surface area contributed by atoms with Crippen molar-refractivity contribution in [1.82, 2.24) is 9.97 Å². The van der Waals surface area contributed by atoms with Gasteiger partial charge in [0.1, 0.15) is 4.93 Å². The number of fused-ring (bicyclic) bond motifs is 1. The topological polar surface area (TPSA) is 35.0 Å². The summed E-state index contributed by atoms with van der Waals surface area (Å²) in [6, 6.07) is 16.5. The van der Waals surface area contributed by atoms with E-state index in [1.807, 2.05) is 72.7 Å². The molecule has 0 amide bonds. The van der Waals surface area contributed by atoms with E-state index in [4.69, 9.17) is 14.7 Å². The highest BCUT2D eigenvalue weighted by Crippen LogP contribution is 2.38. The van der Waals surface area contributed by atoms with Crippen molar-refractivity contribution < 1.29 is 4.74 Å². The lowest BCUT2D eigenvalue weighted by atomic mass is 10.1. The molecule has 3 aromatic rings. The summed E-state index contributed by atoms with van der Waals surface area (Å²) in [5.74, 6) is 0. The van der Waals surface area contributed by atoms with E-state index in [2.05, 4.69) is 64.1 Å². The number of methoxy groups -OCH3 is 1. The van der Waals surface area contributed by atoms with Crippen molar-refractivity contribution in [3.63, 3.8) is 0 Å². The lowest BCUT2D eigenvalue weighted by Gasteiger charge is -2.31. The zero-order valence-electron chi connectivity index (χ0n) is 23.5. The van der Waals surface area contributed by atoms with Crippen LogP contribution >= 0.6 is 11.8 Å². The van der Waals surface area contributed by atoms with E-state index in [9.17, 15) is 0 Å². The fourth-order valence-electron chi connectivity index (χ4n) is 3.14. The van der Waals surface area contributed by atoms with Gasteiger partial charge in [-0.1, -0.05) is 90.1 Å². The summed E-state index contributed by atoms with van der Waals surface area (Å²) in [4.78, 5) is 9.43. The molecule has 188 valence electrons. The van der Waals surface area contributed by atoms with Crippen molar-refractivity contribution in [2.45, 2.75) is 85.8 Å². The number of thioether (sulfide) groups is 1. The van der Waals surface area contributed by atoms with Crippen molar-refractivity contribution in [1.29, 1.82) is 0 Å². The summed E-state index contributed by atoms with van der Waals surface area (Å²) in [7, 11) is 1.75. The summed E-state index contributed by atoms with van der Waals surface area (Å²) in [6.07, 6.45) is 4.37. The van der Waals surface area contributed by atoms with Gasteiger partial charge in [-0.25, -0.2) is 9.97 Å². The van der Waals surface area contributed by atoms with Crippen LogP contribution in [0.1, 0.15) is 80.5 Å². The molecule has 0 saturated carbocycles. The minimum atomic E-state index is -0.229. The Morgan fingerprint density at radius 2 is 1.38 bits per heavy atom. The molecule has 0 saturated heterocycles. The van der Waals surface area contributed by atoms with Crippen LogP contribution in [-0.2, 0) is 4.74 Å². The van der Waals surface area contributed by atoms with Crippen LogP contribution in [0.15, 0.2) is 54.6 Å². The van der Waals surface area contributed by atoms with Gasteiger partial charge in [-0.05, 0) is 52.3 Å². The van der Waals surface area contributed by atoms with Gasteiger partial charge >= 0.3 is 0 Å². The molecule has 0 unspecified atom stereocenters. The molecule has 0 atom stereocenters. The molecule has 0 N–H and O–H groups in total. The number of hydrogen-bond donors (Lipinski definition) is 0. The average molecular weight is 483 g/mol. The number of nitrogens with zero attached hydrogens (tertiary/aromatic N) is 2. The molecule has 1 aromatic heterocycles. The first kappa shape index (κ1) is 31.8. The van der Waals surface area contributed by atoms with Gasteiger partial charge in [-0.2, -0.15) is 0 Å². The monoisotopic (exact) mass is 482 g/mol. The fourth-order valence-corrected chi connectivity index (χ4v) is 4.63. The van der Waals surface area contributed by atoms with Gasteiger partial charge < -0.3 is 4.74 Å². The number of hydrogen-bond acceptors (Lipinski definition) is 4. The van der Waals surface area contributed by atoms with E-state index in [0.29, 0.717) is 0 Å². The molecular formula is C30H46N2OS. The third-order valence-corrected chi connectivity index (χ3v) is 5.91. The average Bonchev–Trinajstić information content (AvgIpc) is 2.86. The van der Waals surface area contributed by atoms with E-state index in [-0.39, 0.29) is 9.68 Å². The Hall–Kier alpha value is -2.17. The molecule has 4 heteroatoms. The van der Waals surface area contributed by atoms with Crippen molar-refractivity contribution in [3.8, 4) is 11.3 Å². The summed E-state index contributed by atoms with van der Waals surface area (Å²) in [6.45, 7) is 22.6. The van der Waals surface area contributed by atoms with Crippen LogP contribution in [0.3, 0.4) is 0 Å². The maximum Gasteiger partial charge on any atom is 0.108 e. The van der Waals surface area contributed by atoms with Crippen molar-refractivity contribution in [2.75, 3.05) is 7.11 Å². The van der Waals surface area contributed by atoms with Gasteiger partial charge in [0.15, 0.2) is 0 Å². The Balaban J connectivity index is 0.00000168. The number of rotatable bonds is 6. The molecular weight excluding hydrogens is 436 g/mol. The SMILES string of the molecule is CC.CC.CC.COC(C)(C)SC(C)(C)/C=C/c1ccc2nc(-c3ccccc3)c(C)nc2c1. The van der Waals surface area contributed by atoms with E-state index in [1.165, 1.54) is 0 Å². The quantitative estimate of drug-likeness (QED) is 0.328. The molecule has 3 rings (SSSR count). The summed E-state index contributed by atoms with van der Waals surface area (Å²) < 4.78 is 5.51. The molecule has 0 radical (unpaired) electrons. The van der Waals surface area contributed by atoms with E-state index in [0.717, 1.165) is 33.5 Å². The first-order valence-corrected chi connectivity index (χ1v) is 13.3. The molecule has 0 aliphatic heterocycles. The van der Waals surface area contributed by atoms with Crippen LogP contribution in [-0.4, -0.2) is 26.8 Å². The predicted octanol–water partition coefficient (Wildman–Crippen LogP) is 9.59. The first-order valence-electron chi connectivity index (χ1n) is 12.5. The van der Waals surface area contributed by atoms with Gasteiger partial charge in [0.25, 0.3) is 0 Å². The number of benzene rings is 2. The zero-order chi connectivity index (χ0) is 26.4. The van der Waals surface area contributed by atoms with Crippen LogP contribution in [0, 0.1) is 6.92 Å².